The van der Waals surface area contributed by atoms with E-state index in [1.54, 1.807) is 12.1 Å². The molecule has 8 heteroatoms. The minimum absolute atomic E-state index is 0.00515. The van der Waals surface area contributed by atoms with E-state index in [0.717, 1.165) is 0 Å². The zero-order chi connectivity index (χ0) is 16.8. The first kappa shape index (κ1) is 16.5. The van der Waals surface area contributed by atoms with Crippen molar-refractivity contribution in [2.45, 2.75) is 19.1 Å². The predicted molar refractivity (Wildman–Crippen MR) is 79.8 cm³/mol. The Hall–Kier alpha value is -2.87. The summed E-state index contributed by atoms with van der Waals surface area (Å²) in [6.45, 7) is 0.158. The predicted octanol–water partition coefficient (Wildman–Crippen LogP) is 1.81. The van der Waals surface area contributed by atoms with Gasteiger partial charge in [-0.3, -0.25) is 14.9 Å². The summed E-state index contributed by atoms with van der Waals surface area (Å²) in [5, 5.41) is 10.6. The summed E-state index contributed by atoms with van der Waals surface area (Å²) in [6, 6.07) is 8.37. The quantitative estimate of drug-likeness (QED) is 0.469. The Labute approximate surface area is 131 Å². The molecular formula is C15H16N2O6. The number of methoxy groups -OCH3 is 1. The van der Waals surface area contributed by atoms with Gasteiger partial charge in [-0.2, -0.15) is 0 Å². The van der Waals surface area contributed by atoms with Crippen LogP contribution in [0.1, 0.15) is 11.5 Å². The molecule has 0 saturated carbocycles. The lowest BCUT2D eigenvalue weighted by Gasteiger charge is -2.07. The standard InChI is InChI=1S/C15H16N2O6/c1-21-15(18)14(16)8-12-6-7-13(23-12)9-22-11-4-2-10(3-5-11)17(19)20/h2-7,14H,8-9,16H2,1H3. The van der Waals surface area contributed by atoms with Crippen molar-refractivity contribution in [2.24, 2.45) is 5.73 Å². The summed E-state index contributed by atoms with van der Waals surface area (Å²) in [6.07, 6.45) is 0.226. The van der Waals surface area contributed by atoms with Crippen molar-refractivity contribution < 1.29 is 23.6 Å². The number of rotatable bonds is 7. The lowest BCUT2D eigenvalue weighted by molar-refractivity contribution is -0.384. The highest BCUT2D eigenvalue weighted by Gasteiger charge is 2.16. The van der Waals surface area contributed by atoms with Gasteiger partial charge in [0.05, 0.1) is 12.0 Å². The topological polar surface area (TPSA) is 118 Å². The molecule has 0 amide bonds. The number of nitro benzene ring substituents is 1. The molecule has 0 fully saturated rings. The van der Waals surface area contributed by atoms with Crippen molar-refractivity contribution in [3.05, 3.63) is 58.0 Å². The van der Waals surface area contributed by atoms with E-state index in [1.165, 1.54) is 31.4 Å². The van der Waals surface area contributed by atoms with Crippen LogP contribution in [0.4, 0.5) is 5.69 Å². The Kier molecular flexibility index (Phi) is 5.32. The molecule has 1 aromatic carbocycles. The first-order valence-electron chi connectivity index (χ1n) is 6.78. The van der Waals surface area contributed by atoms with Gasteiger partial charge in [-0.05, 0) is 24.3 Å². The van der Waals surface area contributed by atoms with Crippen molar-refractivity contribution >= 4 is 11.7 Å². The van der Waals surface area contributed by atoms with Crippen LogP contribution in [0.25, 0.3) is 0 Å². The van der Waals surface area contributed by atoms with Gasteiger partial charge < -0.3 is 19.6 Å². The van der Waals surface area contributed by atoms with Gasteiger partial charge in [-0.1, -0.05) is 0 Å². The number of furan rings is 1. The molecule has 1 heterocycles. The molecule has 122 valence electrons. The van der Waals surface area contributed by atoms with Crippen LogP contribution in [0.3, 0.4) is 0 Å². The fourth-order valence-electron chi connectivity index (χ4n) is 1.88. The zero-order valence-corrected chi connectivity index (χ0v) is 12.4. The van der Waals surface area contributed by atoms with Gasteiger partial charge >= 0.3 is 5.97 Å². The number of hydrogen-bond donors (Lipinski definition) is 1. The summed E-state index contributed by atoms with van der Waals surface area (Å²) in [7, 11) is 1.27. The van der Waals surface area contributed by atoms with Crippen molar-refractivity contribution in [2.75, 3.05) is 7.11 Å². The highest BCUT2D eigenvalue weighted by Crippen LogP contribution is 2.19. The third-order valence-electron chi connectivity index (χ3n) is 3.07. The van der Waals surface area contributed by atoms with E-state index >= 15 is 0 Å². The number of nitrogens with two attached hydrogens (primary N) is 1. The smallest absolute Gasteiger partial charge is 0.323 e. The minimum atomic E-state index is -0.783. The fourth-order valence-corrected chi connectivity index (χ4v) is 1.88. The van der Waals surface area contributed by atoms with Gasteiger partial charge in [0.1, 0.15) is 29.9 Å². The second-order valence-electron chi connectivity index (χ2n) is 4.74. The van der Waals surface area contributed by atoms with Crippen LogP contribution in [0.15, 0.2) is 40.8 Å². The zero-order valence-electron chi connectivity index (χ0n) is 12.4. The summed E-state index contributed by atoms with van der Waals surface area (Å²) in [4.78, 5) is 21.3. The van der Waals surface area contributed by atoms with E-state index in [4.69, 9.17) is 14.9 Å². The number of nitrogens with zero attached hydrogens (tertiary/aromatic N) is 1. The molecule has 0 bridgehead atoms. The van der Waals surface area contributed by atoms with Crippen LogP contribution >= 0.6 is 0 Å². The summed E-state index contributed by atoms with van der Waals surface area (Å²) < 4.78 is 15.5. The van der Waals surface area contributed by atoms with Gasteiger partial charge in [0.25, 0.3) is 5.69 Å². The van der Waals surface area contributed by atoms with Crippen LogP contribution in [0.2, 0.25) is 0 Å². The molecule has 2 aromatic rings. The number of esters is 1. The summed E-state index contributed by atoms with van der Waals surface area (Å²) in [5.74, 6) is 1.07. The normalized spacial score (nSPS) is 11.7. The Morgan fingerprint density at radius 3 is 2.52 bits per heavy atom. The summed E-state index contributed by atoms with van der Waals surface area (Å²) >= 11 is 0. The number of ether oxygens (including phenoxy) is 2. The Morgan fingerprint density at radius 2 is 1.91 bits per heavy atom. The first-order valence-corrected chi connectivity index (χ1v) is 6.78. The lowest BCUT2D eigenvalue weighted by atomic mass is 10.2. The molecule has 1 atom stereocenters. The van der Waals surface area contributed by atoms with E-state index in [-0.39, 0.29) is 18.7 Å². The van der Waals surface area contributed by atoms with Gasteiger partial charge in [0, 0.05) is 18.6 Å². The van der Waals surface area contributed by atoms with Crippen LogP contribution in [0, 0.1) is 10.1 Å². The molecular weight excluding hydrogens is 304 g/mol. The SMILES string of the molecule is COC(=O)C(N)Cc1ccc(COc2ccc([N+](=O)[O-])cc2)o1. The molecule has 2 rings (SSSR count). The molecule has 0 aliphatic rings. The Bertz CT molecular complexity index is 680. The molecule has 0 spiro atoms. The maximum Gasteiger partial charge on any atom is 0.323 e. The second kappa shape index (κ2) is 7.41. The van der Waals surface area contributed by atoms with Crippen molar-refractivity contribution in [3.8, 4) is 5.75 Å². The molecule has 8 nitrogen and oxygen atoms in total. The van der Waals surface area contributed by atoms with E-state index in [0.29, 0.717) is 17.3 Å². The monoisotopic (exact) mass is 320 g/mol. The number of benzene rings is 1. The second-order valence-corrected chi connectivity index (χ2v) is 4.74. The molecule has 2 N–H and O–H groups in total. The number of carbonyl (C=O) groups is 1. The van der Waals surface area contributed by atoms with Gasteiger partial charge in [0.2, 0.25) is 0 Å². The molecule has 1 unspecified atom stereocenters. The number of carbonyl (C=O) groups excluding carboxylic acids is 1. The van der Waals surface area contributed by atoms with E-state index < -0.39 is 16.9 Å². The van der Waals surface area contributed by atoms with Crippen molar-refractivity contribution in [1.82, 2.24) is 0 Å². The first-order chi connectivity index (χ1) is 11.0. The maximum absolute atomic E-state index is 11.2. The van der Waals surface area contributed by atoms with Crippen LogP contribution < -0.4 is 10.5 Å². The maximum atomic E-state index is 11.2. The summed E-state index contributed by atoms with van der Waals surface area (Å²) in [5.41, 5.74) is 5.65. The largest absolute Gasteiger partial charge is 0.486 e. The highest BCUT2D eigenvalue weighted by molar-refractivity contribution is 5.75. The average molecular weight is 320 g/mol. The molecule has 1 aromatic heterocycles. The van der Waals surface area contributed by atoms with Crippen molar-refractivity contribution in [3.63, 3.8) is 0 Å². The molecule has 0 saturated heterocycles. The van der Waals surface area contributed by atoms with Gasteiger partial charge in [-0.25, -0.2) is 0 Å². The van der Waals surface area contributed by atoms with Crippen molar-refractivity contribution in [1.29, 1.82) is 0 Å². The van der Waals surface area contributed by atoms with Crippen LogP contribution in [-0.2, 0) is 22.6 Å². The Balaban J connectivity index is 1.89. The van der Waals surface area contributed by atoms with Crippen LogP contribution in [-0.4, -0.2) is 24.0 Å². The number of nitro groups is 1. The fraction of sp³-hybridized carbons (Fsp3) is 0.267. The third kappa shape index (κ3) is 4.55. The lowest BCUT2D eigenvalue weighted by Crippen LogP contribution is -2.33. The molecule has 0 aliphatic carbocycles. The molecule has 0 aliphatic heterocycles. The van der Waals surface area contributed by atoms with E-state index in [2.05, 4.69) is 4.74 Å². The van der Waals surface area contributed by atoms with E-state index in [9.17, 15) is 14.9 Å². The highest BCUT2D eigenvalue weighted by atomic mass is 16.6. The number of hydrogen-bond acceptors (Lipinski definition) is 7. The molecule has 23 heavy (non-hydrogen) atoms. The Morgan fingerprint density at radius 1 is 1.26 bits per heavy atom. The van der Waals surface area contributed by atoms with Gasteiger partial charge in [-0.15, -0.1) is 0 Å². The molecule has 0 radical (unpaired) electrons. The number of non-ortho nitro benzene ring substituents is 1. The minimum Gasteiger partial charge on any atom is -0.486 e. The average Bonchev–Trinajstić information content (AvgIpc) is 2.99. The van der Waals surface area contributed by atoms with Crippen LogP contribution in [0.5, 0.6) is 5.75 Å². The van der Waals surface area contributed by atoms with Gasteiger partial charge in [0.15, 0.2) is 0 Å². The van der Waals surface area contributed by atoms with E-state index in [1.807, 2.05) is 0 Å². The third-order valence-corrected chi connectivity index (χ3v) is 3.07.